The predicted molar refractivity (Wildman–Crippen MR) is 95.1 cm³/mol. The number of rotatable bonds is 6. The van der Waals surface area contributed by atoms with Crippen LogP contribution in [0, 0.1) is 19.8 Å². The number of aryl methyl sites for hydroxylation is 2. The van der Waals surface area contributed by atoms with Crippen molar-refractivity contribution in [3.8, 4) is 0 Å². The van der Waals surface area contributed by atoms with Crippen LogP contribution >= 0.6 is 11.3 Å². The molecule has 1 fully saturated rings. The molecule has 5 nitrogen and oxygen atoms in total. The van der Waals surface area contributed by atoms with E-state index in [2.05, 4.69) is 29.0 Å². The lowest BCUT2D eigenvalue weighted by Gasteiger charge is -2.35. The van der Waals surface area contributed by atoms with Gasteiger partial charge in [-0.2, -0.15) is 0 Å². The molecule has 0 spiro atoms. The van der Waals surface area contributed by atoms with Crippen molar-refractivity contribution in [2.24, 2.45) is 5.92 Å². The number of hydrogen-bond donors (Lipinski definition) is 1. The number of nitrogens with zero attached hydrogens (tertiary/aromatic N) is 2. The minimum absolute atomic E-state index is 0.0281. The fourth-order valence-electron chi connectivity index (χ4n) is 2.66. The lowest BCUT2D eigenvalue weighted by Crippen LogP contribution is -2.47. The SMILES string of the molecule is Cc1nc(NC(=O)[C@@H](C)N2CCC(OCC(C)C)CC2)sc1C. The number of piperidine rings is 1. The van der Waals surface area contributed by atoms with Gasteiger partial charge in [0.1, 0.15) is 0 Å². The molecule has 0 unspecified atom stereocenters. The molecule has 0 radical (unpaired) electrons. The van der Waals surface area contributed by atoms with Crippen molar-refractivity contribution >= 4 is 22.4 Å². The predicted octanol–water partition coefficient (Wildman–Crippen LogP) is 3.22. The molecule has 1 aliphatic heterocycles. The van der Waals surface area contributed by atoms with Crippen LogP contribution in [0.2, 0.25) is 0 Å². The molecule has 2 heterocycles. The maximum absolute atomic E-state index is 12.4. The van der Waals surface area contributed by atoms with Crippen LogP contribution in [0.4, 0.5) is 5.13 Å². The van der Waals surface area contributed by atoms with E-state index in [4.69, 9.17) is 4.74 Å². The minimum Gasteiger partial charge on any atom is -0.378 e. The molecule has 2 rings (SSSR count). The number of thiazole rings is 1. The molecule has 0 saturated carbocycles. The molecule has 1 amide bonds. The summed E-state index contributed by atoms with van der Waals surface area (Å²) in [5, 5.41) is 3.65. The van der Waals surface area contributed by atoms with E-state index in [9.17, 15) is 4.79 Å². The van der Waals surface area contributed by atoms with Crippen molar-refractivity contribution in [3.05, 3.63) is 10.6 Å². The summed E-state index contributed by atoms with van der Waals surface area (Å²) in [6, 6.07) is -0.134. The van der Waals surface area contributed by atoms with Gasteiger partial charge in [-0.3, -0.25) is 9.69 Å². The van der Waals surface area contributed by atoms with E-state index < -0.39 is 0 Å². The van der Waals surface area contributed by atoms with Crippen LogP contribution in [0.5, 0.6) is 0 Å². The zero-order chi connectivity index (χ0) is 17.0. The fourth-order valence-corrected chi connectivity index (χ4v) is 3.48. The standard InChI is InChI=1S/C17H29N3O2S/c1-11(2)10-22-15-6-8-20(9-7-15)13(4)16(21)19-17-18-12(3)14(5)23-17/h11,13,15H,6-10H2,1-5H3,(H,18,19,21)/t13-/m1/s1. The van der Waals surface area contributed by atoms with E-state index in [1.807, 2.05) is 20.8 Å². The Morgan fingerprint density at radius 2 is 2.00 bits per heavy atom. The number of hydrogen-bond acceptors (Lipinski definition) is 5. The number of nitrogens with one attached hydrogen (secondary N) is 1. The topological polar surface area (TPSA) is 54.5 Å². The molecule has 23 heavy (non-hydrogen) atoms. The second kappa shape index (κ2) is 8.22. The summed E-state index contributed by atoms with van der Waals surface area (Å²) in [6.45, 7) is 12.9. The zero-order valence-electron chi connectivity index (χ0n) is 14.9. The Morgan fingerprint density at radius 3 is 2.52 bits per heavy atom. The van der Waals surface area contributed by atoms with Crippen molar-refractivity contribution < 1.29 is 9.53 Å². The number of likely N-dealkylation sites (tertiary alicyclic amines) is 1. The molecule has 0 bridgehead atoms. The highest BCUT2D eigenvalue weighted by Crippen LogP contribution is 2.22. The fraction of sp³-hybridized carbons (Fsp3) is 0.765. The summed E-state index contributed by atoms with van der Waals surface area (Å²) >= 11 is 1.53. The molecule has 1 atom stereocenters. The van der Waals surface area contributed by atoms with Gasteiger partial charge in [-0.15, -0.1) is 11.3 Å². The first kappa shape index (κ1) is 18.4. The van der Waals surface area contributed by atoms with Crippen LogP contribution in [0.15, 0.2) is 0 Å². The molecule has 1 aliphatic rings. The van der Waals surface area contributed by atoms with Crippen molar-refractivity contribution in [1.29, 1.82) is 0 Å². The Hall–Kier alpha value is -0.980. The molecule has 130 valence electrons. The van der Waals surface area contributed by atoms with Gasteiger partial charge in [-0.05, 0) is 39.5 Å². The van der Waals surface area contributed by atoms with E-state index >= 15 is 0 Å². The van der Waals surface area contributed by atoms with Gasteiger partial charge in [0.15, 0.2) is 5.13 Å². The first-order chi connectivity index (χ1) is 10.9. The van der Waals surface area contributed by atoms with Gasteiger partial charge in [-0.25, -0.2) is 4.98 Å². The third-order valence-corrected chi connectivity index (χ3v) is 5.32. The average molecular weight is 340 g/mol. The lowest BCUT2D eigenvalue weighted by molar-refractivity contribution is -0.122. The first-order valence-electron chi connectivity index (χ1n) is 8.47. The zero-order valence-corrected chi connectivity index (χ0v) is 15.7. The van der Waals surface area contributed by atoms with Gasteiger partial charge < -0.3 is 10.1 Å². The van der Waals surface area contributed by atoms with Gasteiger partial charge in [0.25, 0.3) is 0 Å². The van der Waals surface area contributed by atoms with Crippen LogP contribution in [0.1, 0.15) is 44.2 Å². The van der Waals surface area contributed by atoms with Gasteiger partial charge in [0.2, 0.25) is 5.91 Å². The van der Waals surface area contributed by atoms with Gasteiger partial charge in [-0.1, -0.05) is 13.8 Å². The minimum atomic E-state index is -0.134. The second-order valence-electron chi connectivity index (χ2n) is 6.79. The van der Waals surface area contributed by atoms with Crippen molar-refractivity contribution in [2.45, 2.75) is 59.6 Å². The molecule has 0 aromatic carbocycles. The molecule has 1 aromatic heterocycles. The smallest absolute Gasteiger partial charge is 0.243 e. The second-order valence-corrected chi connectivity index (χ2v) is 7.99. The van der Waals surface area contributed by atoms with Crippen LogP contribution in [-0.4, -0.2) is 47.6 Å². The normalized spacial score (nSPS) is 18.3. The number of carbonyl (C=O) groups is 1. The number of amides is 1. The number of ether oxygens (including phenoxy) is 1. The Bertz CT molecular complexity index is 502. The van der Waals surface area contributed by atoms with Crippen molar-refractivity contribution in [2.75, 3.05) is 25.0 Å². The summed E-state index contributed by atoms with van der Waals surface area (Å²) in [5.41, 5.74) is 0.987. The van der Waals surface area contributed by atoms with E-state index in [0.717, 1.165) is 43.1 Å². The van der Waals surface area contributed by atoms with E-state index in [1.54, 1.807) is 0 Å². The van der Waals surface area contributed by atoms with Gasteiger partial charge in [0, 0.05) is 24.6 Å². The molecule has 1 saturated heterocycles. The highest BCUT2D eigenvalue weighted by molar-refractivity contribution is 7.15. The third kappa shape index (κ3) is 5.26. The highest BCUT2D eigenvalue weighted by Gasteiger charge is 2.27. The van der Waals surface area contributed by atoms with Crippen LogP contribution < -0.4 is 5.32 Å². The summed E-state index contributed by atoms with van der Waals surface area (Å²) < 4.78 is 5.91. The molecule has 1 N–H and O–H groups in total. The summed E-state index contributed by atoms with van der Waals surface area (Å²) in [6.07, 6.45) is 2.34. The van der Waals surface area contributed by atoms with Gasteiger partial charge >= 0.3 is 0 Å². The van der Waals surface area contributed by atoms with Crippen LogP contribution in [-0.2, 0) is 9.53 Å². The van der Waals surface area contributed by atoms with Crippen LogP contribution in [0.25, 0.3) is 0 Å². The molecule has 6 heteroatoms. The average Bonchev–Trinajstić information content (AvgIpc) is 2.82. The third-order valence-electron chi connectivity index (χ3n) is 4.33. The monoisotopic (exact) mass is 339 g/mol. The maximum atomic E-state index is 12.4. The van der Waals surface area contributed by atoms with Gasteiger partial charge in [0.05, 0.1) is 17.8 Å². The molecular weight excluding hydrogens is 310 g/mol. The Morgan fingerprint density at radius 1 is 1.35 bits per heavy atom. The Balaban J connectivity index is 1.79. The van der Waals surface area contributed by atoms with E-state index in [1.165, 1.54) is 11.3 Å². The Labute approximate surface area is 143 Å². The number of anilines is 1. The summed E-state index contributed by atoms with van der Waals surface area (Å²) in [4.78, 5) is 20.2. The molecule has 0 aliphatic carbocycles. The Kier molecular flexibility index (Phi) is 6.56. The van der Waals surface area contributed by atoms with Crippen molar-refractivity contribution in [1.82, 2.24) is 9.88 Å². The number of carbonyl (C=O) groups excluding carboxylic acids is 1. The molecular formula is C17H29N3O2S. The number of aromatic nitrogens is 1. The van der Waals surface area contributed by atoms with E-state index in [0.29, 0.717) is 17.2 Å². The lowest BCUT2D eigenvalue weighted by atomic mass is 10.1. The van der Waals surface area contributed by atoms with Crippen molar-refractivity contribution in [3.63, 3.8) is 0 Å². The molecule has 1 aromatic rings. The van der Waals surface area contributed by atoms with E-state index in [-0.39, 0.29) is 11.9 Å². The van der Waals surface area contributed by atoms with Crippen LogP contribution in [0.3, 0.4) is 0 Å². The largest absolute Gasteiger partial charge is 0.378 e. The summed E-state index contributed by atoms with van der Waals surface area (Å²) in [7, 11) is 0. The quantitative estimate of drug-likeness (QED) is 0.864. The highest BCUT2D eigenvalue weighted by atomic mass is 32.1. The first-order valence-corrected chi connectivity index (χ1v) is 9.29. The summed E-state index contributed by atoms with van der Waals surface area (Å²) in [5.74, 6) is 0.600. The maximum Gasteiger partial charge on any atom is 0.243 e.